The van der Waals surface area contributed by atoms with Gasteiger partial charge in [0.1, 0.15) is 11.2 Å². The number of imide groups is 1. The molecule has 7 aliphatic rings. The number of piperidine rings is 1. The highest BCUT2D eigenvalue weighted by atomic mass is 16.5. The number of para-hydroxylation sites is 1. The molecule has 7 bridgehead atoms. The van der Waals surface area contributed by atoms with Crippen LogP contribution in [0.15, 0.2) is 24.3 Å². The maximum atomic E-state index is 14.0. The van der Waals surface area contributed by atoms with Gasteiger partial charge in [-0.2, -0.15) is 0 Å². The molecule has 264 valence electrons. The number of carbonyl (C=O) groups is 3. The summed E-state index contributed by atoms with van der Waals surface area (Å²) in [5.41, 5.74) is -3.38. The number of rotatable bonds is 7. The SMILES string of the molecule is C.CCN1C[C@]2(COC(=O)c3ccccc3N3C(=O)C[C@H](C)C3=O)CC[C@H](C)[C@@]34C2[C@H](OC)[C@](O)([C@@H]13)[C@@]1(O)C[C@H](C)[C@H]2C[C@@H]4[C@@H]1[C@H]2OC. The van der Waals surface area contributed by atoms with E-state index in [1.54, 1.807) is 45.4 Å². The fourth-order valence-corrected chi connectivity index (χ4v) is 13.4. The van der Waals surface area contributed by atoms with Crippen molar-refractivity contribution in [1.82, 2.24) is 4.90 Å². The smallest absolute Gasteiger partial charge is 0.340 e. The first-order valence-electron chi connectivity index (χ1n) is 17.7. The molecule has 10 nitrogen and oxygen atoms in total. The Balaban J connectivity index is 0.00000364. The summed E-state index contributed by atoms with van der Waals surface area (Å²) in [5, 5.41) is 26.4. The lowest BCUT2D eigenvalue weighted by molar-refractivity contribution is -0.309. The fourth-order valence-electron chi connectivity index (χ4n) is 13.4. The lowest BCUT2D eigenvalue weighted by Crippen LogP contribution is -2.80. The summed E-state index contributed by atoms with van der Waals surface area (Å²) in [5.74, 6) is -1.14. The van der Waals surface area contributed by atoms with Gasteiger partial charge in [-0.05, 0) is 68.0 Å². The predicted molar refractivity (Wildman–Crippen MR) is 178 cm³/mol. The minimum atomic E-state index is -1.53. The van der Waals surface area contributed by atoms with Crippen LogP contribution in [-0.4, -0.2) is 96.3 Å². The second-order valence-corrected chi connectivity index (χ2v) is 16.3. The van der Waals surface area contributed by atoms with Crippen molar-refractivity contribution in [3.05, 3.63) is 29.8 Å². The van der Waals surface area contributed by atoms with E-state index in [1.165, 1.54) is 0 Å². The number of likely N-dealkylation sites (N-methyl/N-ethyl adjacent to an activating group) is 1. The van der Waals surface area contributed by atoms with E-state index in [0.29, 0.717) is 25.4 Å². The van der Waals surface area contributed by atoms with E-state index in [2.05, 4.69) is 25.7 Å². The van der Waals surface area contributed by atoms with Crippen LogP contribution in [0.4, 0.5) is 5.69 Å². The monoisotopic (exact) mass is 666 g/mol. The van der Waals surface area contributed by atoms with Gasteiger partial charge in [-0.3, -0.25) is 14.5 Å². The van der Waals surface area contributed by atoms with E-state index < -0.39 is 34.6 Å². The number of aliphatic hydroxyl groups is 2. The van der Waals surface area contributed by atoms with Gasteiger partial charge >= 0.3 is 5.97 Å². The highest BCUT2D eigenvalue weighted by Crippen LogP contribution is 2.81. The first-order chi connectivity index (χ1) is 22.4. The highest BCUT2D eigenvalue weighted by Gasteiger charge is 2.90. The van der Waals surface area contributed by atoms with E-state index >= 15 is 0 Å². The lowest BCUT2D eigenvalue weighted by Gasteiger charge is -2.70. The molecule has 7 fully saturated rings. The van der Waals surface area contributed by atoms with Crippen LogP contribution in [0.1, 0.15) is 77.6 Å². The third-order valence-electron chi connectivity index (χ3n) is 14.8. The molecule has 0 radical (unpaired) electrons. The highest BCUT2D eigenvalue weighted by molar-refractivity contribution is 6.22. The van der Waals surface area contributed by atoms with E-state index in [9.17, 15) is 24.6 Å². The number of ether oxygens (including phenoxy) is 3. The molecule has 2 saturated heterocycles. The number of anilines is 1. The standard InChI is InChI=1S/C37H50N2O8.CH4/c1-7-38-17-34(18-47-32(42)22-10-8-9-11-25(22)39-26(40)14-19(2)31(39)41)13-12-21(4)36-24-15-23-20(3)16-35(43,27(24)28(23)45-5)37(44,33(36)38)30(46-6)29(34)36;/h8-11,19-21,23-24,27-30,33,43-44H,7,12-18H2,1-6H3;1H4/t19-,20-,21-,23+,24+,27+,28-,29?,30-,33-,34-,35+,36+,37-;/m0./s1. The van der Waals surface area contributed by atoms with Gasteiger partial charge in [-0.1, -0.05) is 47.3 Å². The zero-order chi connectivity index (χ0) is 33.4. The molecule has 1 unspecified atom stereocenters. The average molecular weight is 667 g/mol. The first-order valence-corrected chi connectivity index (χ1v) is 17.7. The molecule has 1 aromatic rings. The van der Waals surface area contributed by atoms with Crippen molar-refractivity contribution in [2.45, 2.75) is 96.7 Å². The van der Waals surface area contributed by atoms with Crippen molar-refractivity contribution in [2.75, 3.05) is 38.8 Å². The molecule has 5 saturated carbocycles. The normalized spacial score (nSPS) is 48.5. The van der Waals surface area contributed by atoms with Gasteiger partial charge in [0.15, 0.2) is 0 Å². The summed E-state index contributed by atoms with van der Waals surface area (Å²) in [6.45, 7) is 9.77. The number of methoxy groups -OCH3 is 2. The Bertz CT molecular complexity index is 1520. The van der Waals surface area contributed by atoms with Crippen molar-refractivity contribution in [3.63, 3.8) is 0 Å². The number of carbonyl (C=O) groups excluding carboxylic acids is 3. The Labute approximate surface area is 284 Å². The van der Waals surface area contributed by atoms with Gasteiger partial charge < -0.3 is 24.4 Å². The Hall–Kier alpha value is -2.37. The van der Waals surface area contributed by atoms with Crippen LogP contribution in [0.25, 0.3) is 0 Å². The molecule has 1 spiro atoms. The Morgan fingerprint density at radius 2 is 1.81 bits per heavy atom. The van der Waals surface area contributed by atoms with Crippen LogP contribution in [0.2, 0.25) is 0 Å². The molecule has 48 heavy (non-hydrogen) atoms. The fraction of sp³-hybridized carbons (Fsp3) is 0.763. The second-order valence-electron chi connectivity index (χ2n) is 16.3. The molecule has 2 heterocycles. The van der Waals surface area contributed by atoms with Gasteiger partial charge in [-0.15, -0.1) is 0 Å². The Kier molecular flexibility index (Phi) is 7.86. The maximum absolute atomic E-state index is 14.0. The van der Waals surface area contributed by atoms with Crippen molar-refractivity contribution >= 4 is 23.5 Å². The third-order valence-corrected chi connectivity index (χ3v) is 14.8. The molecule has 2 N–H and O–H groups in total. The van der Waals surface area contributed by atoms with Crippen LogP contribution in [0, 0.1) is 52.3 Å². The summed E-state index contributed by atoms with van der Waals surface area (Å²) in [6.07, 6.45) is 2.47. The molecule has 8 rings (SSSR count). The van der Waals surface area contributed by atoms with E-state index in [-0.39, 0.29) is 90.7 Å². The number of esters is 1. The average Bonchev–Trinajstić information content (AvgIpc) is 3.59. The van der Waals surface area contributed by atoms with Gasteiger partial charge in [-0.25, -0.2) is 9.69 Å². The summed E-state index contributed by atoms with van der Waals surface area (Å²) in [6, 6.07) is 6.38. The van der Waals surface area contributed by atoms with Crippen molar-refractivity contribution in [2.24, 2.45) is 52.3 Å². The Morgan fingerprint density at radius 1 is 1.08 bits per heavy atom. The van der Waals surface area contributed by atoms with Gasteiger partial charge in [0.2, 0.25) is 11.8 Å². The molecule has 14 atom stereocenters. The van der Waals surface area contributed by atoms with Crippen LogP contribution in [-0.2, 0) is 23.8 Å². The molecule has 0 aromatic heterocycles. The number of benzene rings is 1. The summed E-state index contributed by atoms with van der Waals surface area (Å²) < 4.78 is 19.0. The number of hydrogen-bond donors (Lipinski definition) is 2. The minimum absolute atomic E-state index is 0. The minimum Gasteiger partial charge on any atom is -0.461 e. The first kappa shape index (κ1) is 34.1. The molecular weight excluding hydrogens is 612 g/mol. The molecule has 2 aliphatic heterocycles. The molecule has 10 heteroatoms. The number of likely N-dealkylation sites (tertiary alicyclic amines) is 1. The van der Waals surface area contributed by atoms with Crippen LogP contribution in [0.5, 0.6) is 0 Å². The zero-order valence-corrected chi connectivity index (χ0v) is 28.5. The number of hydrogen-bond acceptors (Lipinski definition) is 9. The number of nitrogens with zero attached hydrogens (tertiary/aromatic N) is 2. The third kappa shape index (κ3) is 3.74. The van der Waals surface area contributed by atoms with Gasteiger partial charge in [0.25, 0.3) is 0 Å². The van der Waals surface area contributed by atoms with Crippen LogP contribution in [0.3, 0.4) is 0 Å². The summed E-state index contributed by atoms with van der Waals surface area (Å²) in [7, 11) is 3.41. The summed E-state index contributed by atoms with van der Waals surface area (Å²) in [4.78, 5) is 43.3. The van der Waals surface area contributed by atoms with E-state index in [1.807, 2.05) is 0 Å². The van der Waals surface area contributed by atoms with E-state index in [4.69, 9.17) is 14.2 Å². The predicted octanol–water partition coefficient (Wildman–Crippen LogP) is 3.91. The second kappa shape index (κ2) is 11.1. The van der Waals surface area contributed by atoms with Gasteiger partial charge in [0.05, 0.1) is 36.1 Å². The largest absolute Gasteiger partial charge is 0.461 e. The zero-order valence-electron chi connectivity index (χ0n) is 28.5. The van der Waals surface area contributed by atoms with E-state index in [0.717, 1.165) is 24.2 Å². The van der Waals surface area contributed by atoms with Crippen LogP contribution >= 0.6 is 0 Å². The van der Waals surface area contributed by atoms with Crippen molar-refractivity contribution in [1.29, 1.82) is 0 Å². The molecule has 5 aliphatic carbocycles. The van der Waals surface area contributed by atoms with Crippen molar-refractivity contribution in [3.8, 4) is 0 Å². The van der Waals surface area contributed by atoms with Gasteiger partial charge in [0, 0.05) is 55.8 Å². The topological polar surface area (TPSA) is 126 Å². The van der Waals surface area contributed by atoms with Crippen LogP contribution < -0.4 is 4.90 Å². The molecule has 2 amide bonds. The number of fused-ring (bicyclic) bond motifs is 2. The van der Waals surface area contributed by atoms with Crippen molar-refractivity contribution < 1.29 is 38.8 Å². The maximum Gasteiger partial charge on any atom is 0.340 e. The molecule has 1 aromatic carbocycles. The number of amides is 2. The Morgan fingerprint density at radius 3 is 2.46 bits per heavy atom. The summed E-state index contributed by atoms with van der Waals surface area (Å²) >= 11 is 0. The quantitative estimate of drug-likeness (QED) is 0.329. The molecular formula is C38H54N2O8. The lowest BCUT2D eigenvalue weighted by atomic mass is 9.41.